The fourth-order valence-corrected chi connectivity index (χ4v) is 1.41. The molecule has 0 aromatic carbocycles. The minimum atomic E-state index is -0.424. The molecule has 0 saturated heterocycles. The fraction of sp³-hybridized carbons (Fsp3) is 0.500. The number of hydrogen-bond donors (Lipinski definition) is 2. The Hall–Kier alpha value is -1.62. The highest BCUT2D eigenvalue weighted by Crippen LogP contribution is 2.14. The third-order valence-electron chi connectivity index (χ3n) is 2.25. The smallest absolute Gasteiger partial charge is 0.255 e. The second-order valence-electron chi connectivity index (χ2n) is 4.27. The molecule has 94 valence electrons. The van der Waals surface area contributed by atoms with Crippen molar-refractivity contribution in [2.24, 2.45) is 0 Å². The molecule has 0 atom stereocenters. The van der Waals surface area contributed by atoms with Crippen LogP contribution in [-0.2, 0) is 4.74 Å². The largest absolute Gasteiger partial charge is 0.505 e. The Labute approximate surface area is 101 Å². The van der Waals surface area contributed by atoms with Gasteiger partial charge in [0.1, 0.15) is 5.75 Å². The molecule has 1 aromatic heterocycles. The molecule has 0 unspecified atom stereocenters. The number of rotatable bonds is 5. The molecule has 2 N–H and O–H groups in total. The first kappa shape index (κ1) is 13.4. The zero-order valence-electron chi connectivity index (χ0n) is 10.4. The van der Waals surface area contributed by atoms with Crippen LogP contribution < -0.4 is 5.32 Å². The number of hydrogen-bond acceptors (Lipinski definition) is 4. The average molecular weight is 238 g/mol. The highest BCUT2D eigenvalue weighted by atomic mass is 16.5. The van der Waals surface area contributed by atoms with Crippen LogP contribution in [0.15, 0.2) is 18.5 Å². The molecule has 5 heteroatoms. The summed E-state index contributed by atoms with van der Waals surface area (Å²) in [6.45, 7) is 6.65. The molecule has 0 spiro atoms. The number of aromatic hydroxyl groups is 1. The van der Waals surface area contributed by atoms with E-state index in [0.717, 1.165) is 0 Å². The van der Waals surface area contributed by atoms with Crippen LogP contribution in [0, 0.1) is 0 Å². The van der Waals surface area contributed by atoms with Crippen molar-refractivity contribution in [3.8, 4) is 5.75 Å². The van der Waals surface area contributed by atoms with Crippen molar-refractivity contribution >= 4 is 5.91 Å². The summed E-state index contributed by atoms with van der Waals surface area (Å²) in [6.07, 6.45) is 2.70. The van der Waals surface area contributed by atoms with Crippen LogP contribution in [-0.4, -0.2) is 34.8 Å². The maximum Gasteiger partial charge on any atom is 0.255 e. The van der Waals surface area contributed by atoms with Gasteiger partial charge in [0, 0.05) is 19.3 Å². The van der Waals surface area contributed by atoms with Gasteiger partial charge in [-0.3, -0.25) is 9.78 Å². The van der Waals surface area contributed by atoms with E-state index in [1.54, 1.807) is 0 Å². The SMILES string of the molecule is CCOC(C)(C)CNC(=O)c1ccncc1O. The summed E-state index contributed by atoms with van der Waals surface area (Å²) in [4.78, 5) is 15.5. The minimum Gasteiger partial charge on any atom is -0.505 e. The van der Waals surface area contributed by atoms with Gasteiger partial charge in [-0.2, -0.15) is 0 Å². The molecule has 0 radical (unpaired) electrons. The molecule has 1 heterocycles. The maximum absolute atomic E-state index is 11.8. The van der Waals surface area contributed by atoms with Gasteiger partial charge in [0.2, 0.25) is 0 Å². The van der Waals surface area contributed by atoms with E-state index < -0.39 is 5.60 Å². The summed E-state index contributed by atoms with van der Waals surface area (Å²) in [5, 5.41) is 12.2. The molecule has 0 aliphatic heterocycles. The number of amides is 1. The van der Waals surface area contributed by atoms with E-state index in [2.05, 4.69) is 10.3 Å². The molecular weight excluding hydrogens is 220 g/mol. The molecule has 1 amide bonds. The zero-order chi connectivity index (χ0) is 12.9. The molecule has 1 aromatic rings. The lowest BCUT2D eigenvalue weighted by Gasteiger charge is -2.24. The first-order valence-electron chi connectivity index (χ1n) is 5.51. The lowest BCUT2D eigenvalue weighted by molar-refractivity contribution is -0.00817. The van der Waals surface area contributed by atoms with Crippen molar-refractivity contribution in [1.29, 1.82) is 0 Å². The van der Waals surface area contributed by atoms with Crippen LogP contribution in [0.4, 0.5) is 0 Å². The second-order valence-corrected chi connectivity index (χ2v) is 4.27. The van der Waals surface area contributed by atoms with Crippen molar-refractivity contribution in [2.75, 3.05) is 13.2 Å². The predicted molar refractivity (Wildman–Crippen MR) is 63.9 cm³/mol. The van der Waals surface area contributed by atoms with Crippen LogP contribution in [0.2, 0.25) is 0 Å². The Morgan fingerprint density at radius 1 is 1.59 bits per heavy atom. The standard InChI is InChI=1S/C12H18N2O3/c1-4-17-12(2,3)8-14-11(16)9-5-6-13-7-10(9)15/h5-7,15H,4,8H2,1-3H3,(H,14,16). The second kappa shape index (κ2) is 5.63. The van der Waals surface area contributed by atoms with Gasteiger partial charge in [-0.1, -0.05) is 0 Å². The van der Waals surface area contributed by atoms with Gasteiger partial charge in [-0.25, -0.2) is 0 Å². The Kier molecular flexibility index (Phi) is 4.45. The van der Waals surface area contributed by atoms with E-state index in [1.807, 2.05) is 20.8 Å². The average Bonchev–Trinajstić information content (AvgIpc) is 2.27. The van der Waals surface area contributed by atoms with E-state index >= 15 is 0 Å². The summed E-state index contributed by atoms with van der Waals surface area (Å²) in [5.74, 6) is -0.461. The summed E-state index contributed by atoms with van der Waals surface area (Å²) in [6, 6.07) is 1.47. The molecule has 0 fully saturated rings. The Balaban J connectivity index is 2.59. The van der Waals surface area contributed by atoms with Gasteiger partial charge in [0.15, 0.2) is 0 Å². The molecular formula is C12H18N2O3. The van der Waals surface area contributed by atoms with Crippen molar-refractivity contribution < 1.29 is 14.6 Å². The van der Waals surface area contributed by atoms with Gasteiger partial charge >= 0.3 is 0 Å². The highest BCUT2D eigenvalue weighted by molar-refractivity contribution is 5.96. The van der Waals surface area contributed by atoms with E-state index in [4.69, 9.17) is 4.74 Å². The number of ether oxygens (including phenoxy) is 1. The normalized spacial score (nSPS) is 11.2. The molecule has 17 heavy (non-hydrogen) atoms. The van der Waals surface area contributed by atoms with Gasteiger partial charge in [0.25, 0.3) is 5.91 Å². The number of pyridine rings is 1. The van der Waals surface area contributed by atoms with Crippen LogP contribution in [0.1, 0.15) is 31.1 Å². The first-order valence-corrected chi connectivity index (χ1v) is 5.51. The van der Waals surface area contributed by atoms with E-state index in [-0.39, 0.29) is 17.2 Å². The van der Waals surface area contributed by atoms with Crippen molar-refractivity contribution in [3.63, 3.8) is 0 Å². The Bertz CT molecular complexity index is 391. The molecule has 0 aliphatic rings. The van der Waals surface area contributed by atoms with Crippen molar-refractivity contribution in [2.45, 2.75) is 26.4 Å². The van der Waals surface area contributed by atoms with Crippen LogP contribution >= 0.6 is 0 Å². The highest BCUT2D eigenvalue weighted by Gasteiger charge is 2.19. The van der Waals surface area contributed by atoms with Gasteiger partial charge < -0.3 is 15.2 Å². The third-order valence-corrected chi connectivity index (χ3v) is 2.25. The number of aromatic nitrogens is 1. The van der Waals surface area contributed by atoms with Crippen LogP contribution in [0.3, 0.4) is 0 Å². The van der Waals surface area contributed by atoms with Crippen LogP contribution in [0.5, 0.6) is 5.75 Å². The Morgan fingerprint density at radius 2 is 2.29 bits per heavy atom. The minimum absolute atomic E-state index is 0.126. The van der Waals surface area contributed by atoms with Crippen molar-refractivity contribution in [3.05, 3.63) is 24.0 Å². The molecule has 0 bridgehead atoms. The number of carbonyl (C=O) groups is 1. The summed E-state index contributed by atoms with van der Waals surface area (Å²) in [5.41, 5.74) is -0.208. The lowest BCUT2D eigenvalue weighted by atomic mass is 10.1. The summed E-state index contributed by atoms with van der Waals surface area (Å²) in [7, 11) is 0. The van der Waals surface area contributed by atoms with Gasteiger partial charge in [-0.15, -0.1) is 0 Å². The third kappa shape index (κ3) is 4.03. The first-order chi connectivity index (χ1) is 7.96. The predicted octanol–water partition coefficient (Wildman–Crippen LogP) is 1.33. The number of nitrogens with one attached hydrogen (secondary N) is 1. The molecule has 0 aliphatic carbocycles. The monoisotopic (exact) mass is 238 g/mol. The van der Waals surface area contributed by atoms with E-state index in [9.17, 15) is 9.90 Å². The van der Waals surface area contributed by atoms with E-state index in [1.165, 1.54) is 18.5 Å². The number of nitrogens with zero attached hydrogens (tertiary/aromatic N) is 1. The van der Waals surface area contributed by atoms with Gasteiger partial charge in [0.05, 0.1) is 17.4 Å². The van der Waals surface area contributed by atoms with Gasteiger partial charge in [-0.05, 0) is 26.8 Å². The van der Waals surface area contributed by atoms with Crippen LogP contribution in [0.25, 0.3) is 0 Å². The summed E-state index contributed by atoms with van der Waals surface area (Å²) >= 11 is 0. The fourth-order valence-electron chi connectivity index (χ4n) is 1.41. The van der Waals surface area contributed by atoms with Crippen molar-refractivity contribution in [1.82, 2.24) is 10.3 Å². The zero-order valence-corrected chi connectivity index (χ0v) is 10.4. The molecule has 0 saturated carbocycles. The summed E-state index contributed by atoms with van der Waals surface area (Å²) < 4.78 is 5.46. The lowest BCUT2D eigenvalue weighted by Crippen LogP contribution is -2.40. The van der Waals surface area contributed by atoms with E-state index in [0.29, 0.717) is 13.2 Å². The maximum atomic E-state index is 11.8. The molecule has 5 nitrogen and oxygen atoms in total. The quantitative estimate of drug-likeness (QED) is 0.811. The topological polar surface area (TPSA) is 71.5 Å². The molecule has 1 rings (SSSR count). The Morgan fingerprint density at radius 3 is 2.88 bits per heavy atom. The number of carbonyl (C=O) groups excluding carboxylic acids is 1.